The van der Waals surface area contributed by atoms with Crippen LogP contribution in [0.3, 0.4) is 0 Å². The highest BCUT2D eigenvalue weighted by Gasteiger charge is 2.27. The topological polar surface area (TPSA) is 120 Å². The Kier molecular flexibility index (Phi) is 7.13. The van der Waals surface area contributed by atoms with Gasteiger partial charge in [0.15, 0.2) is 11.0 Å². The van der Waals surface area contributed by atoms with Gasteiger partial charge < -0.3 is 14.1 Å². The SMILES string of the molecule is Cc1nc(C)c(C(=O)Nc2nc(-c3ccc4c(c3)CCC(=O)N4Cc3cn(C(=O)OC(C)(C)C)c4ccccc34)cs2)o1. The van der Waals surface area contributed by atoms with Gasteiger partial charge in [-0.15, -0.1) is 11.3 Å². The first-order valence-corrected chi connectivity index (χ1v) is 14.8. The van der Waals surface area contributed by atoms with Crippen LogP contribution in [0, 0.1) is 13.8 Å². The Morgan fingerprint density at radius 3 is 2.63 bits per heavy atom. The highest BCUT2D eigenvalue weighted by Crippen LogP contribution is 2.35. The van der Waals surface area contributed by atoms with Crippen molar-refractivity contribution in [3.05, 3.63) is 82.5 Å². The molecule has 1 N–H and O–H groups in total. The number of aryl methyl sites for hydroxylation is 3. The first kappa shape index (κ1) is 28.4. The summed E-state index contributed by atoms with van der Waals surface area (Å²) in [6, 6.07) is 13.5. The number of benzene rings is 2. The largest absolute Gasteiger partial charge is 0.443 e. The van der Waals surface area contributed by atoms with Crippen molar-refractivity contribution in [3.8, 4) is 11.3 Å². The molecule has 220 valence electrons. The molecule has 0 bridgehead atoms. The molecule has 0 saturated carbocycles. The molecule has 2 aromatic carbocycles. The maximum Gasteiger partial charge on any atom is 0.419 e. The highest BCUT2D eigenvalue weighted by atomic mass is 32.1. The van der Waals surface area contributed by atoms with Gasteiger partial charge in [-0.1, -0.05) is 24.3 Å². The summed E-state index contributed by atoms with van der Waals surface area (Å²) in [5.41, 5.74) is 4.93. The first-order chi connectivity index (χ1) is 20.5. The van der Waals surface area contributed by atoms with E-state index in [1.54, 1.807) is 24.9 Å². The summed E-state index contributed by atoms with van der Waals surface area (Å²) in [7, 11) is 0. The van der Waals surface area contributed by atoms with Crippen LogP contribution in [0.2, 0.25) is 0 Å². The number of carbonyl (C=O) groups is 3. The minimum absolute atomic E-state index is 0.0194. The van der Waals surface area contributed by atoms with Gasteiger partial charge in [-0.2, -0.15) is 0 Å². The molecule has 0 unspecified atom stereocenters. The van der Waals surface area contributed by atoms with E-state index in [4.69, 9.17) is 9.15 Å². The van der Waals surface area contributed by atoms with Crippen LogP contribution >= 0.6 is 11.3 Å². The Morgan fingerprint density at radius 1 is 1.09 bits per heavy atom. The smallest absolute Gasteiger partial charge is 0.419 e. The molecule has 0 aliphatic carbocycles. The predicted octanol–water partition coefficient (Wildman–Crippen LogP) is 6.88. The minimum atomic E-state index is -0.638. The van der Waals surface area contributed by atoms with Crippen molar-refractivity contribution >= 4 is 51.0 Å². The third-order valence-electron chi connectivity index (χ3n) is 7.12. The summed E-state index contributed by atoms with van der Waals surface area (Å²) in [6.45, 7) is 9.22. The van der Waals surface area contributed by atoms with Crippen molar-refractivity contribution in [1.29, 1.82) is 0 Å². The van der Waals surface area contributed by atoms with E-state index >= 15 is 0 Å². The van der Waals surface area contributed by atoms with Crippen molar-refractivity contribution in [2.24, 2.45) is 0 Å². The number of carbonyl (C=O) groups excluding carboxylic acids is 3. The lowest BCUT2D eigenvalue weighted by molar-refractivity contribution is -0.119. The number of rotatable bonds is 5. The number of nitrogens with one attached hydrogen (secondary N) is 1. The molecule has 2 amide bonds. The number of nitrogens with zero attached hydrogens (tertiary/aromatic N) is 4. The first-order valence-electron chi connectivity index (χ1n) is 13.9. The molecule has 43 heavy (non-hydrogen) atoms. The lowest BCUT2D eigenvalue weighted by Gasteiger charge is -2.29. The van der Waals surface area contributed by atoms with E-state index < -0.39 is 17.6 Å². The predicted molar refractivity (Wildman–Crippen MR) is 165 cm³/mol. The van der Waals surface area contributed by atoms with Gasteiger partial charge in [-0.05, 0) is 63.4 Å². The number of para-hydroxylation sites is 1. The Labute approximate surface area is 252 Å². The van der Waals surface area contributed by atoms with Crippen LogP contribution in [-0.4, -0.2) is 38.0 Å². The summed E-state index contributed by atoms with van der Waals surface area (Å²) in [4.78, 5) is 49.4. The van der Waals surface area contributed by atoms with Crippen LogP contribution in [0.25, 0.3) is 22.2 Å². The number of thiazole rings is 1. The second kappa shape index (κ2) is 10.8. The van der Waals surface area contributed by atoms with Gasteiger partial charge in [-0.25, -0.2) is 14.8 Å². The number of hydrogen-bond acceptors (Lipinski definition) is 8. The number of amides is 2. The molecule has 0 atom stereocenters. The molecule has 6 rings (SSSR count). The van der Waals surface area contributed by atoms with Gasteiger partial charge in [0, 0.05) is 41.6 Å². The van der Waals surface area contributed by atoms with E-state index in [2.05, 4.69) is 15.3 Å². The lowest BCUT2D eigenvalue weighted by atomic mass is 9.97. The Balaban J connectivity index is 1.25. The van der Waals surface area contributed by atoms with Gasteiger partial charge >= 0.3 is 6.09 Å². The molecular weight excluding hydrogens is 566 g/mol. The van der Waals surface area contributed by atoms with Crippen molar-refractivity contribution in [1.82, 2.24) is 14.5 Å². The van der Waals surface area contributed by atoms with E-state index in [1.807, 2.05) is 68.6 Å². The average Bonchev–Trinajstić information content (AvgIpc) is 3.66. The van der Waals surface area contributed by atoms with E-state index in [9.17, 15) is 14.4 Å². The number of fused-ring (bicyclic) bond motifs is 2. The fraction of sp³-hybridized carbons (Fsp3) is 0.281. The zero-order chi connectivity index (χ0) is 30.5. The average molecular weight is 598 g/mol. The fourth-order valence-electron chi connectivity index (χ4n) is 5.26. The van der Waals surface area contributed by atoms with E-state index in [0.717, 1.165) is 39.0 Å². The van der Waals surface area contributed by atoms with Crippen molar-refractivity contribution in [2.45, 2.75) is 59.6 Å². The van der Waals surface area contributed by atoms with Crippen LogP contribution in [0.5, 0.6) is 0 Å². The molecule has 0 fully saturated rings. The van der Waals surface area contributed by atoms with Gasteiger partial charge in [-0.3, -0.25) is 19.5 Å². The quantitative estimate of drug-likeness (QED) is 0.234. The number of oxazole rings is 1. The van der Waals surface area contributed by atoms with Crippen molar-refractivity contribution in [2.75, 3.05) is 10.2 Å². The van der Waals surface area contributed by atoms with Crippen LogP contribution in [0.15, 0.2) is 58.5 Å². The molecule has 1 aliphatic rings. The second-order valence-electron chi connectivity index (χ2n) is 11.5. The van der Waals surface area contributed by atoms with Crippen LogP contribution < -0.4 is 10.2 Å². The molecule has 5 aromatic rings. The molecule has 0 radical (unpaired) electrons. The molecule has 3 aromatic heterocycles. The van der Waals surface area contributed by atoms with Gasteiger partial charge in [0.1, 0.15) is 5.60 Å². The summed E-state index contributed by atoms with van der Waals surface area (Å²) >= 11 is 1.32. The molecule has 0 saturated heterocycles. The molecule has 0 spiro atoms. The van der Waals surface area contributed by atoms with Crippen molar-refractivity contribution < 1.29 is 23.5 Å². The van der Waals surface area contributed by atoms with Crippen molar-refractivity contribution in [3.63, 3.8) is 0 Å². The normalized spacial score (nSPS) is 13.3. The zero-order valence-corrected chi connectivity index (χ0v) is 25.4. The molecule has 10 nitrogen and oxygen atoms in total. The van der Waals surface area contributed by atoms with Crippen LogP contribution in [0.4, 0.5) is 15.6 Å². The van der Waals surface area contributed by atoms with Gasteiger partial charge in [0.2, 0.25) is 11.7 Å². The fourth-order valence-corrected chi connectivity index (χ4v) is 5.98. The second-order valence-corrected chi connectivity index (χ2v) is 12.3. The molecule has 1 aliphatic heterocycles. The summed E-state index contributed by atoms with van der Waals surface area (Å²) in [5, 5.41) is 6.01. The Hall–Kier alpha value is -4.77. The zero-order valence-electron chi connectivity index (χ0n) is 24.6. The Bertz CT molecular complexity index is 1890. The van der Waals surface area contributed by atoms with Crippen LogP contribution in [0.1, 0.15) is 60.5 Å². The maximum absolute atomic E-state index is 13.2. The number of hydrogen-bond donors (Lipinski definition) is 1. The molecule has 4 heterocycles. The lowest BCUT2D eigenvalue weighted by Crippen LogP contribution is -2.34. The third-order valence-corrected chi connectivity index (χ3v) is 7.88. The van der Waals surface area contributed by atoms with Gasteiger partial charge in [0.05, 0.1) is 23.4 Å². The number of aromatic nitrogens is 3. The van der Waals surface area contributed by atoms with E-state index in [1.165, 1.54) is 15.9 Å². The molecule has 11 heteroatoms. The standard InChI is InChI=1S/C32H31N5O5S/c1-18-28(41-19(2)33-18)29(39)35-30-34-24(17-43-30)20-10-12-25-21(14-20)11-13-27(38)36(25)15-22-16-37(31(40)42-32(3,4)5)26-9-7-6-8-23(22)26/h6-10,12,14,16-17H,11,13,15H2,1-5H3,(H,34,35,39). The molecular formula is C32H31N5O5S. The third kappa shape index (κ3) is 5.68. The maximum atomic E-state index is 13.2. The number of ether oxygens (including phenoxy) is 1. The monoisotopic (exact) mass is 597 g/mol. The summed E-state index contributed by atoms with van der Waals surface area (Å²) in [6.07, 6.45) is 2.28. The van der Waals surface area contributed by atoms with Crippen LogP contribution in [-0.2, 0) is 22.5 Å². The minimum Gasteiger partial charge on any atom is -0.443 e. The van der Waals surface area contributed by atoms with Gasteiger partial charge in [0.25, 0.3) is 5.91 Å². The summed E-state index contributed by atoms with van der Waals surface area (Å²) in [5.74, 6) is 0.220. The number of anilines is 2. The highest BCUT2D eigenvalue weighted by molar-refractivity contribution is 7.14. The van der Waals surface area contributed by atoms with E-state index in [-0.39, 0.29) is 11.7 Å². The van der Waals surface area contributed by atoms with E-state index in [0.29, 0.717) is 36.1 Å². The Morgan fingerprint density at radius 2 is 1.88 bits per heavy atom. The summed E-state index contributed by atoms with van der Waals surface area (Å²) < 4.78 is 12.6.